The molecule has 0 bridgehead atoms. The first-order valence-corrected chi connectivity index (χ1v) is 10.8. The van der Waals surface area contributed by atoms with E-state index < -0.39 is 23.0 Å². The summed E-state index contributed by atoms with van der Waals surface area (Å²) >= 11 is 2.60. The number of hydrogen-bond donors (Lipinski definition) is 1. The summed E-state index contributed by atoms with van der Waals surface area (Å²) in [6.45, 7) is 8.30. The third-order valence-corrected chi connectivity index (χ3v) is 5.31. The molecule has 158 valence electrons. The number of rotatable bonds is 6. The minimum absolute atomic E-state index is 0.0694. The third kappa shape index (κ3) is 4.82. The zero-order valence-corrected chi connectivity index (χ0v) is 18.9. The molecule has 0 saturated carbocycles. The summed E-state index contributed by atoms with van der Waals surface area (Å²) in [6, 6.07) is 5.31. The number of oxime groups is 1. The Hall–Kier alpha value is -2.85. The molecule has 3 aromatic rings. The molecule has 0 aliphatic carbocycles. The molecule has 0 saturated heterocycles. The van der Waals surface area contributed by atoms with Gasteiger partial charge in [-0.25, -0.2) is 14.8 Å². The molecule has 2 aromatic heterocycles. The molecule has 0 unspecified atom stereocenters. The molecule has 0 fully saturated rings. The number of ketones is 1. The first-order valence-electron chi connectivity index (χ1n) is 9.06. The van der Waals surface area contributed by atoms with Crippen molar-refractivity contribution in [1.29, 1.82) is 0 Å². The number of nitrogens with two attached hydrogens (primary N) is 1. The van der Waals surface area contributed by atoms with E-state index in [-0.39, 0.29) is 16.5 Å². The first-order chi connectivity index (χ1) is 14.0. The summed E-state index contributed by atoms with van der Waals surface area (Å²) in [7, 11) is 0. The number of nitrogen functional groups attached to an aromatic ring is 1. The molecule has 0 aliphatic rings. The van der Waals surface area contributed by atoms with Crippen LogP contribution in [0.1, 0.15) is 50.7 Å². The first kappa shape index (κ1) is 21.8. The highest BCUT2D eigenvalue weighted by Crippen LogP contribution is 2.24. The van der Waals surface area contributed by atoms with Crippen LogP contribution >= 0.6 is 22.7 Å². The lowest BCUT2D eigenvalue weighted by atomic mass is 10.0. The summed E-state index contributed by atoms with van der Waals surface area (Å²) < 4.78 is 6.25. The van der Waals surface area contributed by atoms with Crippen molar-refractivity contribution in [3.8, 4) is 0 Å². The van der Waals surface area contributed by atoms with Crippen LogP contribution in [0.5, 0.6) is 0 Å². The number of anilines is 1. The molecule has 10 heteroatoms. The predicted octanol–water partition coefficient (Wildman–Crippen LogP) is 4.06. The number of nitrogens with zero attached hydrogens (tertiary/aromatic N) is 3. The maximum absolute atomic E-state index is 13.3. The van der Waals surface area contributed by atoms with Gasteiger partial charge in [-0.15, -0.1) is 22.7 Å². The average Bonchev–Trinajstić information content (AvgIpc) is 3.28. The Balaban J connectivity index is 1.98. The highest BCUT2D eigenvalue weighted by molar-refractivity contribution is 7.16. The second-order valence-electron chi connectivity index (χ2n) is 7.95. The minimum atomic E-state index is -1.42. The number of para-hydroxylation sites is 1. The highest BCUT2D eigenvalue weighted by Gasteiger charge is 2.36. The normalized spacial score (nSPS) is 12.8. The molecule has 3 rings (SSSR count). The van der Waals surface area contributed by atoms with Gasteiger partial charge in [-0.3, -0.25) is 4.79 Å². The summed E-state index contributed by atoms with van der Waals surface area (Å²) in [6.07, 6.45) is 0. The standard InChI is InChI=1S/C20H22N4O4S2/c1-19(2,3)27-17(26)20(4,5)28-24-15(12-9-29-18(21)23-12)16(25)11-7-6-8-13-14(11)22-10-30-13/h6-10H,1-5H3,(H2,21,23)/b24-15-. The largest absolute Gasteiger partial charge is 0.457 e. The smallest absolute Gasteiger partial charge is 0.353 e. The molecule has 2 N–H and O–H groups in total. The maximum Gasteiger partial charge on any atom is 0.353 e. The number of esters is 1. The highest BCUT2D eigenvalue weighted by atomic mass is 32.1. The van der Waals surface area contributed by atoms with E-state index in [0.29, 0.717) is 11.1 Å². The fraction of sp³-hybridized carbons (Fsp3) is 0.350. The second kappa shape index (κ2) is 8.11. The Morgan fingerprint density at radius 1 is 1.13 bits per heavy atom. The van der Waals surface area contributed by atoms with E-state index in [4.69, 9.17) is 15.3 Å². The van der Waals surface area contributed by atoms with Crippen LogP contribution in [0.25, 0.3) is 10.2 Å². The predicted molar refractivity (Wildman–Crippen MR) is 118 cm³/mol. The Bertz CT molecular complexity index is 1130. The molecule has 0 spiro atoms. The topological polar surface area (TPSA) is 117 Å². The van der Waals surface area contributed by atoms with Gasteiger partial charge >= 0.3 is 5.97 Å². The Labute approximate surface area is 181 Å². The summed E-state index contributed by atoms with van der Waals surface area (Å²) in [5.74, 6) is -1.04. The lowest BCUT2D eigenvalue weighted by molar-refractivity contribution is -0.179. The summed E-state index contributed by atoms with van der Waals surface area (Å²) in [5, 5.41) is 5.92. The Kier molecular flexibility index (Phi) is 5.91. The third-order valence-electron chi connectivity index (χ3n) is 3.84. The van der Waals surface area contributed by atoms with Crippen molar-refractivity contribution in [3.05, 3.63) is 40.3 Å². The zero-order valence-electron chi connectivity index (χ0n) is 17.3. The van der Waals surface area contributed by atoms with Gasteiger partial charge in [-0.1, -0.05) is 11.2 Å². The van der Waals surface area contributed by atoms with Gasteiger partial charge in [0.05, 0.1) is 21.3 Å². The quantitative estimate of drug-likeness (QED) is 0.263. The van der Waals surface area contributed by atoms with Crippen LogP contribution in [-0.4, -0.2) is 38.6 Å². The average molecular weight is 447 g/mol. The van der Waals surface area contributed by atoms with E-state index >= 15 is 0 Å². The van der Waals surface area contributed by atoms with Gasteiger partial charge in [-0.2, -0.15) is 0 Å². The molecule has 30 heavy (non-hydrogen) atoms. The van der Waals surface area contributed by atoms with E-state index in [1.165, 1.54) is 36.5 Å². The molecular formula is C20H22N4O4S2. The van der Waals surface area contributed by atoms with Crippen LogP contribution in [0, 0.1) is 0 Å². The van der Waals surface area contributed by atoms with Gasteiger partial charge in [0.25, 0.3) is 0 Å². The van der Waals surface area contributed by atoms with Crippen molar-refractivity contribution >= 4 is 55.5 Å². The SMILES string of the molecule is CC(C)(C)OC(=O)C(C)(C)O/N=C(\C(=O)c1cccc2scnc12)c1csc(N)n1. The number of Topliss-reactive ketones (excluding diaryl/α,β-unsaturated/α-hetero) is 1. The number of hydrogen-bond acceptors (Lipinski definition) is 10. The zero-order chi connectivity index (χ0) is 22.1. The molecule has 1 aromatic carbocycles. The van der Waals surface area contributed by atoms with Crippen LogP contribution < -0.4 is 5.73 Å². The number of thiazole rings is 2. The van der Waals surface area contributed by atoms with Gasteiger partial charge in [-0.05, 0) is 46.8 Å². The van der Waals surface area contributed by atoms with E-state index in [1.807, 2.05) is 6.07 Å². The van der Waals surface area contributed by atoms with Crippen LogP contribution in [0.3, 0.4) is 0 Å². The molecule has 2 heterocycles. The Morgan fingerprint density at radius 3 is 2.50 bits per heavy atom. The molecule has 0 amide bonds. The molecule has 8 nitrogen and oxygen atoms in total. The van der Waals surface area contributed by atoms with Gasteiger partial charge in [0.1, 0.15) is 11.3 Å². The van der Waals surface area contributed by atoms with Crippen LogP contribution in [0.15, 0.2) is 34.2 Å². The van der Waals surface area contributed by atoms with Crippen molar-refractivity contribution in [2.24, 2.45) is 5.16 Å². The molecule has 0 radical (unpaired) electrons. The van der Waals surface area contributed by atoms with E-state index in [9.17, 15) is 9.59 Å². The minimum Gasteiger partial charge on any atom is -0.457 e. The van der Waals surface area contributed by atoms with Crippen molar-refractivity contribution < 1.29 is 19.2 Å². The summed E-state index contributed by atoms with van der Waals surface area (Å²) in [4.78, 5) is 39.8. The van der Waals surface area contributed by atoms with Gasteiger partial charge in [0.15, 0.2) is 10.8 Å². The fourth-order valence-corrected chi connectivity index (χ4v) is 3.65. The maximum atomic E-state index is 13.3. The number of aromatic nitrogens is 2. The van der Waals surface area contributed by atoms with Gasteiger partial charge in [0, 0.05) is 5.38 Å². The van der Waals surface area contributed by atoms with Crippen molar-refractivity contribution in [2.45, 2.75) is 45.8 Å². The van der Waals surface area contributed by atoms with Crippen molar-refractivity contribution in [1.82, 2.24) is 9.97 Å². The van der Waals surface area contributed by atoms with Gasteiger partial charge in [0.2, 0.25) is 11.4 Å². The summed E-state index contributed by atoms with van der Waals surface area (Å²) in [5.41, 5.74) is 6.41. The van der Waals surface area contributed by atoms with E-state index in [1.54, 1.807) is 43.8 Å². The number of fused-ring (bicyclic) bond motifs is 1. The number of ether oxygens (including phenoxy) is 1. The van der Waals surface area contributed by atoms with Crippen molar-refractivity contribution in [3.63, 3.8) is 0 Å². The number of carbonyl (C=O) groups is 2. The second-order valence-corrected chi connectivity index (χ2v) is 9.72. The van der Waals surface area contributed by atoms with E-state index in [0.717, 1.165) is 4.70 Å². The number of carbonyl (C=O) groups excluding carboxylic acids is 2. The van der Waals surface area contributed by atoms with Crippen molar-refractivity contribution in [2.75, 3.05) is 5.73 Å². The molecule has 0 atom stereocenters. The Morgan fingerprint density at radius 2 is 1.87 bits per heavy atom. The lowest BCUT2D eigenvalue weighted by Crippen LogP contribution is -2.40. The fourth-order valence-electron chi connectivity index (χ4n) is 2.40. The van der Waals surface area contributed by atoms with Gasteiger partial charge < -0.3 is 15.3 Å². The monoisotopic (exact) mass is 446 g/mol. The molecule has 0 aliphatic heterocycles. The van der Waals surface area contributed by atoms with E-state index in [2.05, 4.69) is 15.1 Å². The number of benzene rings is 1. The van der Waals surface area contributed by atoms with Crippen LogP contribution in [-0.2, 0) is 14.4 Å². The van der Waals surface area contributed by atoms with Crippen LogP contribution in [0.4, 0.5) is 5.13 Å². The lowest BCUT2D eigenvalue weighted by Gasteiger charge is -2.26. The van der Waals surface area contributed by atoms with Crippen LogP contribution in [0.2, 0.25) is 0 Å². The molecular weight excluding hydrogens is 424 g/mol.